The Kier molecular flexibility index (Phi) is 4.02. The van der Waals surface area contributed by atoms with Gasteiger partial charge in [-0.05, 0) is 37.6 Å². The van der Waals surface area contributed by atoms with E-state index in [1.807, 2.05) is 0 Å². The van der Waals surface area contributed by atoms with Crippen molar-refractivity contribution in [3.8, 4) is 5.75 Å². The van der Waals surface area contributed by atoms with Crippen molar-refractivity contribution in [2.75, 3.05) is 20.2 Å². The molecule has 1 saturated heterocycles. The van der Waals surface area contributed by atoms with E-state index in [0.717, 1.165) is 25.8 Å². The average molecular weight is 303 g/mol. The third-order valence-corrected chi connectivity index (χ3v) is 4.39. The molecule has 0 saturated carbocycles. The second kappa shape index (κ2) is 5.96. The third kappa shape index (κ3) is 2.43. The summed E-state index contributed by atoms with van der Waals surface area (Å²) in [4.78, 5) is 25.5. The summed E-state index contributed by atoms with van der Waals surface area (Å²) in [6.45, 7) is 1.59. The SMILES string of the molecule is COc1ccc2c(c1)c(=O)n(C1CCCCNC1)c(=O)n2C. The second-order valence-electron chi connectivity index (χ2n) is 5.75. The highest BCUT2D eigenvalue weighted by Gasteiger charge is 2.20. The molecule has 0 bridgehead atoms. The van der Waals surface area contributed by atoms with Crippen LogP contribution in [0.15, 0.2) is 27.8 Å². The van der Waals surface area contributed by atoms with Gasteiger partial charge in [0, 0.05) is 13.6 Å². The van der Waals surface area contributed by atoms with E-state index in [4.69, 9.17) is 4.74 Å². The zero-order valence-electron chi connectivity index (χ0n) is 13.0. The number of nitrogens with one attached hydrogen (secondary N) is 1. The Morgan fingerprint density at radius 2 is 2.09 bits per heavy atom. The number of hydrogen-bond acceptors (Lipinski definition) is 4. The van der Waals surface area contributed by atoms with Gasteiger partial charge in [-0.2, -0.15) is 0 Å². The lowest BCUT2D eigenvalue weighted by Gasteiger charge is -2.19. The lowest BCUT2D eigenvalue weighted by Crippen LogP contribution is -2.43. The molecule has 1 aromatic heterocycles. The van der Waals surface area contributed by atoms with E-state index < -0.39 is 0 Å². The number of hydrogen-bond donors (Lipinski definition) is 1. The van der Waals surface area contributed by atoms with Gasteiger partial charge in [0.1, 0.15) is 5.75 Å². The normalized spacial score (nSPS) is 19.1. The maximum atomic E-state index is 12.8. The molecular formula is C16H21N3O3. The Balaban J connectivity index is 2.25. The van der Waals surface area contributed by atoms with Crippen LogP contribution in [0.3, 0.4) is 0 Å². The van der Waals surface area contributed by atoms with Crippen molar-refractivity contribution in [2.45, 2.75) is 25.3 Å². The lowest BCUT2D eigenvalue weighted by molar-refractivity contribution is 0.414. The lowest BCUT2D eigenvalue weighted by atomic mass is 10.1. The highest BCUT2D eigenvalue weighted by Crippen LogP contribution is 2.19. The van der Waals surface area contributed by atoms with E-state index in [1.54, 1.807) is 36.9 Å². The molecule has 0 spiro atoms. The smallest absolute Gasteiger partial charge is 0.331 e. The molecular weight excluding hydrogens is 282 g/mol. The fourth-order valence-electron chi connectivity index (χ4n) is 3.13. The molecule has 2 heterocycles. The Bertz CT molecular complexity index is 799. The van der Waals surface area contributed by atoms with Crippen LogP contribution in [0, 0.1) is 0 Å². The van der Waals surface area contributed by atoms with Crippen molar-refractivity contribution in [1.29, 1.82) is 0 Å². The number of rotatable bonds is 2. The standard InChI is InChI=1S/C16H21N3O3/c1-18-14-7-6-12(22-2)9-13(14)15(20)19(16(18)21)11-5-3-4-8-17-10-11/h6-7,9,11,17H,3-5,8,10H2,1-2H3. The maximum absolute atomic E-state index is 12.8. The molecule has 1 fully saturated rings. The molecule has 22 heavy (non-hydrogen) atoms. The van der Waals surface area contributed by atoms with E-state index in [0.29, 0.717) is 23.2 Å². The van der Waals surface area contributed by atoms with Crippen LogP contribution in [0.2, 0.25) is 0 Å². The molecule has 1 unspecified atom stereocenters. The quantitative estimate of drug-likeness (QED) is 0.900. The van der Waals surface area contributed by atoms with Gasteiger partial charge in [-0.25, -0.2) is 4.79 Å². The van der Waals surface area contributed by atoms with Crippen LogP contribution in [-0.2, 0) is 7.05 Å². The van der Waals surface area contributed by atoms with Gasteiger partial charge in [0.15, 0.2) is 0 Å². The van der Waals surface area contributed by atoms with E-state index >= 15 is 0 Å². The summed E-state index contributed by atoms with van der Waals surface area (Å²) < 4.78 is 8.15. The van der Waals surface area contributed by atoms with Gasteiger partial charge in [-0.1, -0.05) is 6.42 Å². The maximum Gasteiger partial charge on any atom is 0.331 e. The first-order chi connectivity index (χ1) is 10.6. The Morgan fingerprint density at radius 3 is 2.86 bits per heavy atom. The highest BCUT2D eigenvalue weighted by molar-refractivity contribution is 5.79. The summed E-state index contributed by atoms with van der Waals surface area (Å²) in [5, 5.41) is 3.83. The number of fused-ring (bicyclic) bond motifs is 1. The Morgan fingerprint density at radius 1 is 1.27 bits per heavy atom. The summed E-state index contributed by atoms with van der Waals surface area (Å²) in [6, 6.07) is 5.13. The summed E-state index contributed by atoms with van der Waals surface area (Å²) in [6.07, 6.45) is 2.94. The summed E-state index contributed by atoms with van der Waals surface area (Å²) in [5.74, 6) is 0.619. The molecule has 1 aromatic carbocycles. The highest BCUT2D eigenvalue weighted by atomic mass is 16.5. The Labute approximate surface area is 128 Å². The van der Waals surface area contributed by atoms with Gasteiger partial charge in [-0.15, -0.1) is 0 Å². The minimum absolute atomic E-state index is 0.0932. The number of aryl methyl sites for hydroxylation is 1. The van der Waals surface area contributed by atoms with Crippen LogP contribution in [0.1, 0.15) is 25.3 Å². The molecule has 1 N–H and O–H groups in total. The zero-order valence-corrected chi connectivity index (χ0v) is 13.0. The molecule has 3 rings (SSSR count). The minimum Gasteiger partial charge on any atom is -0.497 e. The van der Waals surface area contributed by atoms with Crippen LogP contribution in [0.4, 0.5) is 0 Å². The predicted molar refractivity (Wildman–Crippen MR) is 85.8 cm³/mol. The first-order valence-corrected chi connectivity index (χ1v) is 7.63. The zero-order chi connectivity index (χ0) is 15.7. The Hall–Kier alpha value is -2.08. The number of nitrogens with zero attached hydrogens (tertiary/aromatic N) is 2. The summed E-state index contributed by atoms with van der Waals surface area (Å²) in [5.41, 5.74) is 0.149. The van der Waals surface area contributed by atoms with Crippen molar-refractivity contribution < 1.29 is 4.74 Å². The molecule has 1 aliphatic rings. The molecule has 1 atom stereocenters. The van der Waals surface area contributed by atoms with Crippen LogP contribution >= 0.6 is 0 Å². The van der Waals surface area contributed by atoms with E-state index in [1.165, 1.54) is 4.57 Å². The fourth-order valence-corrected chi connectivity index (χ4v) is 3.13. The fraction of sp³-hybridized carbons (Fsp3) is 0.500. The molecule has 2 aromatic rings. The van der Waals surface area contributed by atoms with Crippen molar-refractivity contribution in [1.82, 2.24) is 14.5 Å². The summed E-state index contributed by atoms with van der Waals surface area (Å²) in [7, 11) is 3.27. The van der Waals surface area contributed by atoms with Crippen LogP contribution < -0.4 is 21.3 Å². The first-order valence-electron chi connectivity index (χ1n) is 7.63. The molecule has 0 aliphatic carbocycles. The predicted octanol–water partition coefficient (Wildman–Crippen LogP) is 1.02. The number of benzene rings is 1. The van der Waals surface area contributed by atoms with Crippen LogP contribution in [-0.4, -0.2) is 29.3 Å². The van der Waals surface area contributed by atoms with Gasteiger partial charge >= 0.3 is 5.69 Å². The van der Waals surface area contributed by atoms with Crippen molar-refractivity contribution >= 4 is 10.9 Å². The first kappa shape index (κ1) is 14.8. The monoisotopic (exact) mass is 303 g/mol. The van der Waals surface area contributed by atoms with Gasteiger partial charge in [0.05, 0.1) is 24.1 Å². The van der Waals surface area contributed by atoms with Gasteiger partial charge in [0.25, 0.3) is 5.56 Å². The molecule has 118 valence electrons. The molecule has 0 amide bonds. The minimum atomic E-state index is -0.253. The van der Waals surface area contributed by atoms with Crippen molar-refractivity contribution in [3.63, 3.8) is 0 Å². The number of aromatic nitrogens is 2. The van der Waals surface area contributed by atoms with Gasteiger partial charge in [0.2, 0.25) is 0 Å². The molecule has 6 heteroatoms. The van der Waals surface area contributed by atoms with Gasteiger partial charge in [-0.3, -0.25) is 13.9 Å². The molecule has 6 nitrogen and oxygen atoms in total. The van der Waals surface area contributed by atoms with E-state index in [9.17, 15) is 9.59 Å². The van der Waals surface area contributed by atoms with Crippen LogP contribution in [0.5, 0.6) is 5.75 Å². The number of ether oxygens (including phenoxy) is 1. The van der Waals surface area contributed by atoms with Crippen molar-refractivity contribution in [3.05, 3.63) is 39.0 Å². The average Bonchev–Trinajstić information content (AvgIpc) is 2.81. The third-order valence-electron chi connectivity index (χ3n) is 4.39. The summed E-state index contributed by atoms with van der Waals surface area (Å²) >= 11 is 0. The topological polar surface area (TPSA) is 65.3 Å². The van der Waals surface area contributed by atoms with Crippen molar-refractivity contribution in [2.24, 2.45) is 7.05 Å². The van der Waals surface area contributed by atoms with E-state index in [2.05, 4.69) is 5.32 Å². The van der Waals surface area contributed by atoms with Gasteiger partial charge < -0.3 is 10.1 Å². The second-order valence-corrected chi connectivity index (χ2v) is 5.75. The van der Waals surface area contributed by atoms with E-state index in [-0.39, 0.29) is 17.3 Å². The largest absolute Gasteiger partial charge is 0.497 e. The molecule has 0 radical (unpaired) electrons. The van der Waals surface area contributed by atoms with Crippen LogP contribution in [0.25, 0.3) is 10.9 Å². The number of methoxy groups -OCH3 is 1. The molecule has 1 aliphatic heterocycles.